The van der Waals surface area contributed by atoms with Gasteiger partial charge < -0.3 is 10.6 Å². The minimum Gasteiger partial charge on any atom is -0.370 e. The Morgan fingerprint density at radius 1 is 1.20 bits per heavy atom. The summed E-state index contributed by atoms with van der Waals surface area (Å²) in [5, 5.41) is 6.37. The minimum absolute atomic E-state index is 0.0400. The van der Waals surface area contributed by atoms with Crippen LogP contribution in [0.2, 0.25) is 0 Å². The van der Waals surface area contributed by atoms with Gasteiger partial charge in [0.05, 0.1) is 5.69 Å². The molecule has 0 bridgehead atoms. The highest BCUT2D eigenvalue weighted by molar-refractivity contribution is 7.98. The van der Waals surface area contributed by atoms with Crippen LogP contribution in [0.25, 0.3) is 0 Å². The predicted octanol–water partition coefficient (Wildman–Crippen LogP) is 3.65. The molecule has 0 spiro atoms. The molecular weight excluding hydrogens is 282 g/mol. The maximum absolute atomic E-state index is 13.6. The van der Waals surface area contributed by atoms with Crippen LogP contribution in [0.4, 0.5) is 26.1 Å². The number of nitrogens with zero attached hydrogens (tertiary/aromatic N) is 2. The summed E-state index contributed by atoms with van der Waals surface area (Å²) in [6.45, 7) is 2.65. The van der Waals surface area contributed by atoms with Crippen molar-refractivity contribution in [3.05, 3.63) is 35.9 Å². The Labute approximate surface area is 120 Å². The van der Waals surface area contributed by atoms with Gasteiger partial charge in [-0.3, -0.25) is 0 Å². The van der Waals surface area contributed by atoms with Crippen molar-refractivity contribution in [2.24, 2.45) is 0 Å². The first kappa shape index (κ1) is 14.5. The standard InChI is InChI=1S/C13H14F2N4S/c1-3-16-10-7-11(19-13(18-10)20-2)17-9-6-4-5-8(14)12(9)15/h4-7H,3H2,1-2H3,(H2,16,17,18,19). The van der Waals surface area contributed by atoms with Crippen molar-refractivity contribution in [3.63, 3.8) is 0 Å². The van der Waals surface area contributed by atoms with Crippen molar-refractivity contribution in [2.45, 2.75) is 12.1 Å². The van der Waals surface area contributed by atoms with Gasteiger partial charge in [0.25, 0.3) is 0 Å². The molecule has 0 aliphatic rings. The molecule has 0 aliphatic heterocycles. The first-order valence-corrected chi connectivity index (χ1v) is 7.24. The fourth-order valence-corrected chi connectivity index (χ4v) is 1.97. The maximum atomic E-state index is 13.6. The van der Waals surface area contributed by atoms with E-state index in [9.17, 15) is 8.78 Å². The minimum atomic E-state index is -0.929. The molecule has 0 aliphatic carbocycles. The van der Waals surface area contributed by atoms with Gasteiger partial charge in [-0.15, -0.1) is 0 Å². The molecule has 0 atom stereocenters. The molecule has 0 unspecified atom stereocenters. The van der Waals surface area contributed by atoms with Crippen molar-refractivity contribution in [1.29, 1.82) is 0 Å². The third-order valence-electron chi connectivity index (χ3n) is 2.46. The zero-order valence-electron chi connectivity index (χ0n) is 11.1. The van der Waals surface area contributed by atoms with Gasteiger partial charge in [0, 0.05) is 12.6 Å². The van der Waals surface area contributed by atoms with Crippen molar-refractivity contribution in [1.82, 2.24) is 9.97 Å². The summed E-state index contributed by atoms with van der Waals surface area (Å²) in [7, 11) is 0. The molecule has 2 rings (SSSR count). The SMILES string of the molecule is CCNc1cc(Nc2cccc(F)c2F)nc(SC)n1. The normalized spacial score (nSPS) is 10.4. The number of benzene rings is 1. The van der Waals surface area contributed by atoms with E-state index in [1.807, 2.05) is 13.2 Å². The second kappa shape index (κ2) is 6.51. The summed E-state index contributed by atoms with van der Waals surface area (Å²) < 4.78 is 26.8. The number of halogens is 2. The third-order valence-corrected chi connectivity index (χ3v) is 3.01. The highest BCUT2D eigenvalue weighted by atomic mass is 32.2. The van der Waals surface area contributed by atoms with Crippen LogP contribution in [0.1, 0.15) is 6.92 Å². The predicted molar refractivity (Wildman–Crippen MR) is 77.6 cm³/mol. The van der Waals surface area contributed by atoms with Crippen molar-refractivity contribution < 1.29 is 8.78 Å². The van der Waals surface area contributed by atoms with Crippen LogP contribution in [0.3, 0.4) is 0 Å². The molecule has 106 valence electrons. The number of nitrogens with one attached hydrogen (secondary N) is 2. The van der Waals surface area contributed by atoms with Gasteiger partial charge in [0.2, 0.25) is 0 Å². The molecule has 0 saturated heterocycles. The number of hydrogen-bond acceptors (Lipinski definition) is 5. The van der Waals surface area contributed by atoms with Gasteiger partial charge in [0.1, 0.15) is 11.6 Å². The fourth-order valence-electron chi connectivity index (χ4n) is 1.59. The summed E-state index contributed by atoms with van der Waals surface area (Å²) in [5.41, 5.74) is 0.0400. The number of aromatic nitrogens is 2. The molecule has 1 heterocycles. The van der Waals surface area contributed by atoms with E-state index in [1.165, 1.54) is 23.9 Å². The Balaban J connectivity index is 2.32. The molecule has 1 aromatic carbocycles. The zero-order chi connectivity index (χ0) is 14.5. The molecule has 0 saturated carbocycles. The van der Waals surface area contributed by atoms with Gasteiger partial charge >= 0.3 is 0 Å². The third kappa shape index (κ3) is 3.36. The second-order valence-electron chi connectivity index (χ2n) is 3.88. The quantitative estimate of drug-likeness (QED) is 0.651. The molecule has 0 amide bonds. The largest absolute Gasteiger partial charge is 0.370 e. The van der Waals surface area contributed by atoms with E-state index in [2.05, 4.69) is 20.6 Å². The summed E-state index contributed by atoms with van der Waals surface area (Å²) in [6, 6.07) is 5.60. The maximum Gasteiger partial charge on any atom is 0.191 e. The van der Waals surface area contributed by atoms with Crippen molar-refractivity contribution in [3.8, 4) is 0 Å². The van der Waals surface area contributed by atoms with E-state index in [0.717, 1.165) is 6.07 Å². The lowest BCUT2D eigenvalue weighted by atomic mass is 10.3. The highest BCUT2D eigenvalue weighted by Crippen LogP contribution is 2.23. The molecule has 1 aromatic heterocycles. The van der Waals surface area contributed by atoms with Gasteiger partial charge in [-0.05, 0) is 25.3 Å². The average Bonchev–Trinajstić information content (AvgIpc) is 2.44. The smallest absolute Gasteiger partial charge is 0.191 e. The van der Waals surface area contributed by atoms with Crippen LogP contribution in [0.5, 0.6) is 0 Å². The molecule has 0 radical (unpaired) electrons. The van der Waals surface area contributed by atoms with Gasteiger partial charge in [-0.25, -0.2) is 18.7 Å². The molecular formula is C13H14F2N4S. The lowest BCUT2D eigenvalue weighted by Gasteiger charge is -2.10. The van der Waals surface area contributed by atoms with Crippen molar-refractivity contribution >= 4 is 29.1 Å². The van der Waals surface area contributed by atoms with E-state index >= 15 is 0 Å². The van der Waals surface area contributed by atoms with Gasteiger partial charge in [-0.1, -0.05) is 17.8 Å². The Bertz CT molecular complexity index is 607. The van der Waals surface area contributed by atoms with Crippen LogP contribution in [-0.4, -0.2) is 22.8 Å². The fraction of sp³-hybridized carbons (Fsp3) is 0.231. The van der Waals surface area contributed by atoms with Crippen molar-refractivity contribution in [2.75, 3.05) is 23.4 Å². The molecule has 0 fully saturated rings. The lowest BCUT2D eigenvalue weighted by molar-refractivity contribution is 0.511. The van der Waals surface area contributed by atoms with Gasteiger partial charge in [-0.2, -0.15) is 0 Å². The molecule has 20 heavy (non-hydrogen) atoms. The number of hydrogen-bond donors (Lipinski definition) is 2. The van der Waals surface area contributed by atoms with E-state index in [4.69, 9.17) is 0 Å². The van der Waals surface area contributed by atoms with Gasteiger partial charge in [0.15, 0.2) is 16.8 Å². The van der Waals surface area contributed by atoms with Crippen LogP contribution in [-0.2, 0) is 0 Å². The monoisotopic (exact) mass is 296 g/mol. The molecule has 4 nitrogen and oxygen atoms in total. The van der Waals surface area contributed by atoms with E-state index in [-0.39, 0.29) is 5.69 Å². The van der Waals surface area contributed by atoms with Crippen LogP contribution >= 0.6 is 11.8 Å². The Morgan fingerprint density at radius 2 is 1.95 bits per heavy atom. The van der Waals surface area contributed by atoms with Crippen LogP contribution in [0, 0.1) is 11.6 Å². The molecule has 2 aromatic rings. The Morgan fingerprint density at radius 3 is 2.65 bits per heavy atom. The van der Waals surface area contributed by atoms with Crippen LogP contribution < -0.4 is 10.6 Å². The Hall–Kier alpha value is -1.89. The summed E-state index contributed by atoms with van der Waals surface area (Å²) in [4.78, 5) is 8.47. The molecule has 2 N–H and O–H groups in total. The number of anilines is 3. The Kier molecular flexibility index (Phi) is 4.73. The summed E-state index contributed by atoms with van der Waals surface area (Å²) >= 11 is 1.37. The van der Waals surface area contributed by atoms with E-state index in [1.54, 1.807) is 6.07 Å². The van der Waals surface area contributed by atoms with Crippen LogP contribution in [0.15, 0.2) is 29.4 Å². The second-order valence-corrected chi connectivity index (χ2v) is 4.66. The highest BCUT2D eigenvalue weighted by Gasteiger charge is 2.10. The summed E-state index contributed by atoms with van der Waals surface area (Å²) in [5.74, 6) is -0.793. The topological polar surface area (TPSA) is 49.8 Å². The first-order chi connectivity index (χ1) is 9.63. The van der Waals surface area contributed by atoms with E-state index < -0.39 is 11.6 Å². The summed E-state index contributed by atoms with van der Waals surface area (Å²) in [6.07, 6.45) is 1.84. The number of thioether (sulfide) groups is 1. The lowest BCUT2D eigenvalue weighted by Crippen LogP contribution is -2.04. The van der Waals surface area contributed by atoms with E-state index in [0.29, 0.717) is 23.3 Å². The zero-order valence-corrected chi connectivity index (χ0v) is 11.9. The first-order valence-electron chi connectivity index (χ1n) is 6.02. The average molecular weight is 296 g/mol. The molecule has 7 heteroatoms. The number of rotatable bonds is 5.